The molecule has 2 atom stereocenters. The van der Waals surface area contributed by atoms with Crippen LogP contribution < -0.4 is 11.1 Å². The molecule has 0 aliphatic heterocycles. The molecule has 0 bridgehead atoms. The van der Waals surface area contributed by atoms with Gasteiger partial charge in [-0.05, 0) is 23.5 Å². The molecule has 102 valence electrons. The normalized spacial score (nSPS) is 22.5. The molecule has 19 heavy (non-hydrogen) atoms. The van der Waals surface area contributed by atoms with Gasteiger partial charge in [0.1, 0.15) is 0 Å². The Morgan fingerprint density at radius 3 is 2.53 bits per heavy atom. The third-order valence-electron chi connectivity index (χ3n) is 3.45. The number of anilines is 1. The predicted octanol–water partition coefficient (Wildman–Crippen LogP) is 2.83. The zero-order chi connectivity index (χ0) is 14.0. The van der Waals surface area contributed by atoms with Crippen LogP contribution in [-0.4, -0.2) is 11.9 Å². The van der Waals surface area contributed by atoms with Gasteiger partial charge in [-0.15, -0.1) is 0 Å². The van der Waals surface area contributed by atoms with E-state index in [1.54, 1.807) is 0 Å². The van der Waals surface area contributed by atoms with Crippen LogP contribution in [0.1, 0.15) is 32.8 Å². The molecule has 0 spiro atoms. The highest BCUT2D eigenvalue weighted by molar-refractivity contribution is 5.94. The van der Waals surface area contributed by atoms with Crippen LogP contribution in [0, 0.1) is 5.92 Å². The lowest BCUT2D eigenvalue weighted by atomic mass is 9.85. The molecule has 3 heteroatoms. The van der Waals surface area contributed by atoms with Gasteiger partial charge in [0, 0.05) is 11.7 Å². The monoisotopic (exact) mass is 258 g/mol. The van der Waals surface area contributed by atoms with E-state index in [9.17, 15) is 4.79 Å². The second-order valence-corrected chi connectivity index (χ2v) is 6.18. The van der Waals surface area contributed by atoms with Gasteiger partial charge in [0.2, 0.25) is 5.91 Å². The van der Waals surface area contributed by atoms with E-state index < -0.39 is 0 Å². The number of benzene rings is 1. The first-order chi connectivity index (χ1) is 8.88. The number of carbonyl (C=O) groups excluding carboxylic acids is 1. The van der Waals surface area contributed by atoms with Crippen molar-refractivity contribution in [3.63, 3.8) is 0 Å². The molecule has 0 aromatic heterocycles. The summed E-state index contributed by atoms with van der Waals surface area (Å²) in [7, 11) is 0. The molecule has 2 rings (SSSR count). The van der Waals surface area contributed by atoms with E-state index >= 15 is 0 Å². The fourth-order valence-electron chi connectivity index (χ4n) is 2.39. The average Bonchev–Trinajstić information content (AvgIpc) is 2.75. The van der Waals surface area contributed by atoms with Crippen molar-refractivity contribution in [1.82, 2.24) is 0 Å². The Labute approximate surface area is 114 Å². The average molecular weight is 258 g/mol. The van der Waals surface area contributed by atoms with Gasteiger partial charge in [0.15, 0.2) is 0 Å². The molecule has 3 N–H and O–H groups in total. The van der Waals surface area contributed by atoms with E-state index in [4.69, 9.17) is 5.73 Å². The van der Waals surface area contributed by atoms with Crippen molar-refractivity contribution in [2.75, 3.05) is 5.32 Å². The first-order valence-electron chi connectivity index (χ1n) is 6.72. The summed E-state index contributed by atoms with van der Waals surface area (Å²) < 4.78 is 0. The maximum absolute atomic E-state index is 12.2. The number of amides is 1. The molecule has 0 saturated carbocycles. The molecule has 1 amide bonds. The lowest BCUT2D eigenvalue weighted by Crippen LogP contribution is -2.25. The van der Waals surface area contributed by atoms with E-state index in [0.717, 1.165) is 11.3 Å². The van der Waals surface area contributed by atoms with Crippen molar-refractivity contribution in [2.45, 2.75) is 38.6 Å². The molecule has 1 aliphatic carbocycles. The lowest BCUT2D eigenvalue weighted by molar-refractivity contribution is -0.118. The Kier molecular flexibility index (Phi) is 3.76. The number of para-hydroxylation sites is 1. The molecule has 1 aromatic rings. The van der Waals surface area contributed by atoms with E-state index in [0.29, 0.717) is 6.42 Å². The zero-order valence-corrected chi connectivity index (χ0v) is 11.8. The van der Waals surface area contributed by atoms with Gasteiger partial charge in [0.05, 0.1) is 5.92 Å². The second kappa shape index (κ2) is 5.17. The first-order valence-corrected chi connectivity index (χ1v) is 6.72. The number of carbonyl (C=O) groups is 1. The van der Waals surface area contributed by atoms with Crippen molar-refractivity contribution in [3.05, 3.63) is 42.0 Å². The van der Waals surface area contributed by atoms with E-state index in [1.165, 1.54) is 0 Å². The van der Waals surface area contributed by atoms with Crippen molar-refractivity contribution in [1.29, 1.82) is 0 Å². The largest absolute Gasteiger partial charge is 0.325 e. The van der Waals surface area contributed by atoms with Crippen molar-refractivity contribution in [2.24, 2.45) is 11.7 Å². The lowest BCUT2D eigenvalue weighted by Gasteiger charge is -2.23. The van der Waals surface area contributed by atoms with Crippen LogP contribution >= 0.6 is 0 Å². The summed E-state index contributed by atoms with van der Waals surface area (Å²) >= 11 is 0. The highest BCUT2D eigenvalue weighted by Gasteiger charge is 2.24. The number of nitrogens with two attached hydrogens (primary N) is 1. The van der Waals surface area contributed by atoms with Gasteiger partial charge in [-0.2, -0.15) is 0 Å². The van der Waals surface area contributed by atoms with Gasteiger partial charge in [-0.25, -0.2) is 0 Å². The van der Waals surface area contributed by atoms with Gasteiger partial charge >= 0.3 is 0 Å². The van der Waals surface area contributed by atoms with E-state index in [2.05, 4.69) is 32.2 Å². The predicted molar refractivity (Wildman–Crippen MR) is 79.0 cm³/mol. The minimum Gasteiger partial charge on any atom is -0.325 e. The van der Waals surface area contributed by atoms with E-state index in [1.807, 2.05) is 30.4 Å². The zero-order valence-electron chi connectivity index (χ0n) is 11.8. The minimum atomic E-state index is -0.108. The summed E-state index contributed by atoms with van der Waals surface area (Å²) in [5.41, 5.74) is 7.84. The summed E-state index contributed by atoms with van der Waals surface area (Å²) in [6, 6.07) is 7.97. The Morgan fingerprint density at radius 2 is 1.95 bits per heavy atom. The molecule has 3 nitrogen and oxygen atoms in total. The summed E-state index contributed by atoms with van der Waals surface area (Å²) in [6.07, 6.45) is 4.50. The highest BCUT2D eigenvalue weighted by atomic mass is 16.1. The third-order valence-corrected chi connectivity index (χ3v) is 3.45. The van der Waals surface area contributed by atoms with Gasteiger partial charge < -0.3 is 11.1 Å². The molecule has 0 radical (unpaired) electrons. The molecule has 1 aromatic carbocycles. The summed E-state index contributed by atoms with van der Waals surface area (Å²) in [4.78, 5) is 12.2. The number of rotatable bonds is 2. The van der Waals surface area contributed by atoms with E-state index in [-0.39, 0.29) is 23.3 Å². The second-order valence-electron chi connectivity index (χ2n) is 6.18. The maximum atomic E-state index is 12.2. The summed E-state index contributed by atoms with van der Waals surface area (Å²) in [6.45, 7) is 6.43. The van der Waals surface area contributed by atoms with Gasteiger partial charge in [0.25, 0.3) is 0 Å². The Morgan fingerprint density at radius 1 is 1.26 bits per heavy atom. The fraction of sp³-hybridized carbons (Fsp3) is 0.438. The molecular weight excluding hydrogens is 236 g/mol. The van der Waals surface area contributed by atoms with Gasteiger partial charge in [-0.3, -0.25) is 4.79 Å². The Bertz CT molecular complexity index is 500. The van der Waals surface area contributed by atoms with Crippen molar-refractivity contribution in [3.8, 4) is 0 Å². The van der Waals surface area contributed by atoms with Crippen LogP contribution in [0.15, 0.2) is 36.4 Å². The van der Waals surface area contributed by atoms with Crippen LogP contribution in [0.4, 0.5) is 5.69 Å². The molecule has 2 unspecified atom stereocenters. The van der Waals surface area contributed by atoms with Crippen molar-refractivity contribution < 1.29 is 4.79 Å². The molecule has 0 fully saturated rings. The maximum Gasteiger partial charge on any atom is 0.231 e. The number of hydrogen-bond acceptors (Lipinski definition) is 2. The highest BCUT2D eigenvalue weighted by Crippen LogP contribution is 2.30. The minimum absolute atomic E-state index is 0.00575. The summed E-state index contributed by atoms with van der Waals surface area (Å²) in [5, 5.41) is 3.03. The SMILES string of the molecule is CC(C)(C)c1ccccc1NC(=O)C1C=CC(N)C1. The van der Waals surface area contributed by atoms with Crippen LogP contribution in [0.5, 0.6) is 0 Å². The quantitative estimate of drug-likeness (QED) is 0.801. The van der Waals surface area contributed by atoms with Crippen molar-refractivity contribution >= 4 is 11.6 Å². The van der Waals surface area contributed by atoms with Crippen LogP contribution in [0.3, 0.4) is 0 Å². The molecular formula is C16H22N2O. The molecule has 0 saturated heterocycles. The van der Waals surface area contributed by atoms with Crippen LogP contribution in [0.25, 0.3) is 0 Å². The molecule has 0 heterocycles. The Balaban J connectivity index is 2.16. The molecule has 1 aliphatic rings. The van der Waals surface area contributed by atoms with Gasteiger partial charge in [-0.1, -0.05) is 51.1 Å². The number of nitrogens with one attached hydrogen (secondary N) is 1. The number of hydrogen-bond donors (Lipinski definition) is 2. The topological polar surface area (TPSA) is 55.1 Å². The first kappa shape index (κ1) is 13.8. The smallest absolute Gasteiger partial charge is 0.231 e. The van der Waals surface area contributed by atoms with Crippen LogP contribution in [-0.2, 0) is 10.2 Å². The fourth-order valence-corrected chi connectivity index (χ4v) is 2.39. The van der Waals surface area contributed by atoms with Crippen LogP contribution in [0.2, 0.25) is 0 Å². The summed E-state index contributed by atoms with van der Waals surface area (Å²) in [5.74, 6) is -0.0797. The Hall–Kier alpha value is -1.61. The standard InChI is InChI=1S/C16H22N2O/c1-16(2,3)13-6-4-5-7-14(13)18-15(19)11-8-9-12(17)10-11/h4-9,11-12H,10,17H2,1-3H3,(H,18,19). The third kappa shape index (κ3) is 3.24.